The molecular weight excluding hydrogens is 300 g/mol. The Morgan fingerprint density at radius 1 is 1.08 bits per heavy atom. The highest BCUT2D eigenvalue weighted by Gasteiger charge is 2.28. The minimum atomic E-state index is -0.0479. The lowest BCUT2D eigenvalue weighted by molar-refractivity contribution is 0.0980. The molecule has 4 rings (SSSR count). The van der Waals surface area contributed by atoms with Crippen molar-refractivity contribution >= 4 is 22.9 Å². The molecule has 0 spiro atoms. The first-order valence-corrected chi connectivity index (χ1v) is 8.19. The molecule has 1 atom stereocenters. The van der Waals surface area contributed by atoms with E-state index in [4.69, 9.17) is 0 Å². The molecular formula is C19H20N4O. The zero-order chi connectivity index (χ0) is 16.7. The number of fused-ring (bicyclic) bond motifs is 2. The van der Waals surface area contributed by atoms with Crippen molar-refractivity contribution in [2.24, 2.45) is 5.92 Å². The molecule has 0 aliphatic carbocycles. The maximum atomic E-state index is 13.2. The van der Waals surface area contributed by atoms with Crippen LogP contribution in [0.25, 0.3) is 5.65 Å². The number of para-hydroxylation sites is 2. The van der Waals surface area contributed by atoms with Gasteiger partial charge in [-0.1, -0.05) is 25.1 Å². The average molecular weight is 320 g/mol. The molecule has 122 valence electrons. The highest BCUT2D eigenvalue weighted by molar-refractivity contribution is 6.07. The smallest absolute Gasteiger partial charge is 0.278 e. The highest BCUT2D eigenvalue weighted by Crippen LogP contribution is 2.33. The van der Waals surface area contributed by atoms with Crippen LogP contribution in [0.15, 0.2) is 54.9 Å². The molecule has 0 saturated heterocycles. The van der Waals surface area contributed by atoms with Gasteiger partial charge < -0.3 is 14.2 Å². The summed E-state index contributed by atoms with van der Waals surface area (Å²) in [5.41, 5.74) is 3.30. The second kappa shape index (κ2) is 5.67. The van der Waals surface area contributed by atoms with Gasteiger partial charge in [-0.05, 0) is 30.2 Å². The van der Waals surface area contributed by atoms with E-state index in [0.717, 1.165) is 23.6 Å². The van der Waals surface area contributed by atoms with Crippen LogP contribution >= 0.6 is 0 Å². The number of aromatic nitrogens is 2. The number of anilines is 2. The summed E-state index contributed by atoms with van der Waals surface area (Å²) in [5.74, 6) is 0.330. The summed E-state index contributed by atoms with van der Waals surface area (Å²) in [7, 11) is 2.08. The van der Waals surface area contributed by atoms with Gasteiger partial charge in [-0.25, -0.2) is 4.98 Å². The molecule has 0 radical (unpaired) electrons. The van der Waals surface area contributed by atoms with Crippen LogP contribution in [0.3, 0.4) is 0 Å². The Morgan fingerprint density at radius 3 is 2.62 bits per heavy atom. The summed E-state index contributed by atoms with van der Waals surface area (Å²) >= 11 is 0. The Balaban J connectivity index is 1.78. The van der Waals surface area contributed by atoms with Crippen molar-refractivity contribution in [1.82, 2.24) is 9.38 Å². The summed E-state index contributed by atoms with van der Waals surface area (Å²) in [4.78, 5) is 21.7. The van der Waals surface area contributed by atoms with Crippen LogP contribution in [-0.4, -0.2) is 35.4 Å². The number of rotatable bonds is 1. The topological polar surface area (TPSA) is 40.9 Å². The van der Waals surface area contributed by atoms with Gasteiger partial charge in [0.15, 0.2) is 0 Å². The molecule has 1 aliphatic rings. The van der Waals surface area contributed by atoms with E-state index < -0.39 is 0 Å². The van der Waals surface area contributed by atoms with Crippen molar-refractivity contribution in [2.75, 3.05) is 29.9 Å². The van der Waals surface area contributed by atoms with Crippen molar-refractivity contribution in [2.45, 2.75) is 6.92 Å². The standard InChI is InChI=1S/C19H20N4O/c1-14-11-21(2)16-7-3-4-8-17(16)23(12-14)19(24)15-13-22-10-6-5-9-18(22)20-15/h3-10,13-14H,11-12H2,1-2H3. The number of carbonyl (C=O) groups excluding carboxylic acids is 1. The van der Waals surface area contributed by atoms with Gasteiger partial charge in [-0.2, -0.15) is 0 Å². The SMILES string of the molecule is CC1CN(C)c2ccccc2N(C(=O)c2cn3ccccc3n2)C1. The first-order chi connectivity index (χ1) is 11.6. The largest absolute Gasteiger partial charge is 0.373 e. The van der Waals surface area contributed by atoms with Crippen LogP contribution in [0.1, 0.15) is 17.4 Å². The third-order valence-electron chi connectivity index (χ3n) is 4.49. The van der Waals surface area contributed by atoms with Gasteiger partial charge in [0.1, 0.15) is 11.3 Å². The molecule has 0 bridgehead atoms. The van der Waals surface area contributed by atoms with Crippen LogP contribution in [0.5, 0.6) is 0 Å². The van der Waals surface area contributed by atoms with E-state index in [9.17, 15) is 4.79 Å². The summed E-state index contributed by atoms with van der Waals surface area (Å²) in [6.45, 7) is 3.78. The lowest BCUT2D eigenvalue weighted by atomic mass is 10.1. The number of hydrogen-bond donors (Lipinski definition) is 0. The zero-order valence-electron chi connectivity index (χ0n) is 13.9. The van der Waals surface area contributed by atoms with Gasteiger partial charge in [0.2, 0.25) is 0 Å². The van der Waals surface area contributed by atoms with Gasteiger partial charge in [0.05, 0.1) is 11.4 Å². The lowest BCUT2D eigenvalue weighted by Gasteiger charge is -2.23. The van der Waals surface area contributed by atoms with Crippen LogP contribution in [0, 0.1) is 5.92 Å². The molecule has 24 heavy (non-hydrogen) atoms. The first-order valence-electron chi connectivity index (χ1n) is 8.19. The molecule has 2 aromatic heterocycles. The molecule has 3 aromatic rings. The number of amides is 1. The monoisotopic (exact) mass is 320 g/mol. The van der Waals surface area contributed by atoms with E-state index in [1.165, 1.54) is 0 Å². The second-order valence-corrected chi connectivity index (χ2v) is 6.48. The Bertz CT molecular complexity index is 868. The predicted molar refractivity (Wildman–Crippen MR) is 95.7 cm³/mol. The quantitative estimate of drug-likeness (QED) is 0.692. The van der Waals surface area contributed by atoms with Crippen molar-refractivity contribution < 1.29 is 4.79 Å². The predicted octanol–water partition coefficient (Wildman–Crippen LogP) is 3.07. The van der Waals surface area contributed by atoms with E-state index in [2.05, 4.69) is 29.9 Å². The van der Waals surface area contributed by atoms with E-state index >= 15 is 0 Å². The van der Waals surface area contributed by atoms with Crippen LogP contribution in [-0.2, 0) is 0 Å². The van der Waals surface area contributed by atoms with E-state index in [1.54, 1.807) is 6.20 Å². The first kappa shape index (κ1) is 14.8. The lowest BCUT2D eigenvalue weighted by Crippen LogP contribution is -2.35. The minimum absolute atomic E-state index is 0.0479. The number of hydrogen-bond acceptors (Lipinski definition) is 3. The third-order valence-corrected chi connectivity index (χ3v) is 4.49. The summed E-state index contributed by atoms with van der Waals surface area (Å²) in [6.07, 6.45) is 3.71. The van der Waals surface area contributed by atoms with Crippen molar-refractivity contribution in [3.05, 3.63) is 60.6 Å². The Hall–Kier alpha value is -2.82. The van der Waals surface area contributed by atoms with E-state index in [0.29, 0.717) is 18.2 Å². The molecule has 5 heteroatoms. The fourth-order valence-electron chi connectivity index (χ4n) is 3.42. The summed E-state index contributed by atoms with van der Waals surface area (Å²) < 4.78 is 1.88. The number of carbonyl (C=O) groups is 1. The molecule has 0 N–H and O–H groups in total. The minimum Gasteiger partial charge on any atom is -0.373 e. The highest BCUT2D eigenvalue weighted by atomic mass is 16.2. The van der Waals surface area contributed by atoms with Crippen molar-refractivity contribution in [3.63, 3.8) is 0 Å². The van der Waals surface area contributed by atoms with Gasteiger partial charge in [0, 0.05) is 32.5 Å². The summed E-state index contributed by atoms with van der Waals surface area (Å²) in [6, 6.07) is 13.8. The summed E-state index contributed by atoms with van der Waals surface area (Å²) in [5, 5.41) is 0. The number of pyridine rings is 1. The van der Waals surface area contributed by atoms with Crippen molar-refractivity contribution in [1.29, 1.82) is 0 Å². The number of imidazole rings is 1. The Labute approximate surface area is 141 Å². The van der Waals surface area contributed by atoms with Crippen LogP contribution in [0.4, 0.5) is 11.4 Å². The molecule has 5 nitrogen and oxygen atoms in total. The number of nitrogens with zero attached hydrogens (tertiary/aromatic N) is 4. The normalized spacial score (nSPS) is 17.7. The van der Waals surface area contributed by atoms with E-state index in [-0.39, 0.29) is 5.91 Å². The second-order valence-electron chi connectivity index (χ2n) is 6.48. The zero-order valence-corrected chi connectivity index (χ0v) is 13.9. The van der Waals surface area contributed by atoms with Crippen molar-refractivity contribution in [3.8, 4) is 0 Å². The molecule has 1 unspecified atom stereocenters. The molecule has 3 heterocycles. The van der Waals surface area contributed by atoms with Crippen LogP contribution < -0.4 is 9.80 Å². The van der Waals surface area contributed by atoms with Crippen LogP contribution in [0.2, 0.25) is 0 Å². The molecule has 1 aromatic carbocycles. The fourth-order valence-corrected chi connectivity index (χ4v) is 3.42. The average Bonchev–Trinajstić information content (AvgIpc) is 2.98. The molecule has 1 amide bonds. The molecule has 1 aliphatic heterocycles. The molecule has 0 fully saturated rings. The van der Waals surface area contributed by atoms with Gasteiger partial charge in [-0.3, -0.25) is 4.79 Å². The van der Waals surface area contributed by atoms with Gasteiger partial charge in [-0.15, -0.1) is 0 Å². The van der Waals surface area contributed by atoms with E-state index in [1.807, 2.05) is 51.9 Å². The van der Waals surface area contributed by atoms with Gasteiger partial charge >= 0.3 is 0 Å². The Kier molecular flexibility index (Phi) is 3.49. The third kappa shape index (κ3) is 2.42. The fraction of sp³-hybridized carbons (Fsp3) is 0.263. The number of benzene rings is 1. The van der Waals surface area contributed by atoms with Gasteiger partial charge in [0.25, 0.3) is 5.91 Å². The maximum Gasteiger partial charge on any atom is 0.278 e. The molecule has 0 saturated carbocycles. The Morgan fingerprint density at radius 2 is 1.83 bits per heavy atom. The maximum absolute atomic E-state index is 13.2.